The standard InChI is InChI=1S/C21H16F3N5O2/c1-12-18(20(30)26-17-6-4-3-5-16(17)21(22,23)24)27-28-19-15(11-25-29(12)19)13-7-9-14(31-2)10-8-13/h3-11H,1-2H3,(H,26,30). The molecular formula is C21H16F3N5O2. The number of para-hydroxylation sites is 1. The predicted molar refractivity (Wildman–Crippen MR) is 107 cm³/mol. The Morgan fingerprint density at radius 3 is 2.45 bits per heavy atom. The average molecular weight is 427 g/mol. The summed E-state index contributed by atoms with van der Waals surface area (Å²) in [7, 11) is 1.57. The summed E-state index contributed by atoms with van der Waals surface area (Å²) in [5.74, 6) is -0.120. The van der Waals surface area contributed by atoms with E-state index in [4.69, 9.17) is 4.74 Å². The summed E-state index contributed by atoms with van der Waals surface area (Å²) in [5, 5.41) is 14.6. The molecule has 0 saturated heterocycles. The molecule has 0 aliphatic carbocycles. The van der Waals surface area contributed by atoms with Gasteiger partial charge in [0, 0.05) is 5.56 Å². The molecule has 4 rings (SSSR count). The van der Waals surface area contributed by atoms with Crippen LogP contribution in [-0.4, -0.2) is 32.8 Å². The number of aromatic nitrogens is 4. The first-order chi connectivity index (χ1) is 14.8. The number of hydrogen-bond acceptors (Lipinski definition) is 5. The van der Waals surface area contributed by atoms with Crippen molar-refractivity contribution in [3.63, 3.8) is 0 Å². The number of hydrogen-bond donors (Lipinski definition) is 1. The van der Waals surface area contributed by atoms with E-state index in [0.717, 1.165) is 11.6 Å². The van der Waals surface area contributed by atoms with E-state index in [0.29, 0.717) is 22.7 Å². The Balaban J connectivity index is 1.68. The molecule has 2 heterocycles. The number of fused-ring (bicyclic) bond motifs is 1. The largest absolute Gasteiger partial charge is 0.497 e. The molecule has 0 spiro atoms. The topological polar surface area (TPSA) is 81.4 Å². The first kappa shape index (κ1) is 20.3. The van der Waals surface area contributed by atoms with Gasteiger partial charge in [-0.1, -0.05) is 24.3 Å². The highest BCUT2D eigenvalue weighted by molar-refractivity contribution is 6.04. The zero-order valence-electron chi connectivity index (χ0n) is 16.4. The Hall–Kier alpha value is -3.95. The molecule has 31 heavy (non-hydrogen) atoms. The van der Waals surface area contributed by atoms with Gasteiger partial charge in [-0.05, 0) is 36.8 Å². The quantitative estimate of drug-likeness (QED) is 0.523. The Labute approximate surface area is 174 Å². The lowest BCUT2D eigenvalue weighted by Crippen LogP contribution is -2.20. The highest BCUT2D eigenvalue weighted by Crippen LogP contribution is 2.34. The van der Waals surface area contributed by atoms with Crippen LogP contribution >= 0.6 is 0 Å². The second-order valence-corrected chi connectivity index (χ2v) is 6.65. The fraction of sp³-hybridized carbons (Fsp3) is 0.143. The van der Waals surface area contributed by atoms with Crippen molar-refractivity contribution in [3.05, 3.63) is 71.7 Å². The molecule has 10 heteroatoms. The van der Waals surface area contributed by atoms with Crippen LogP contribution in [-0.2, 0) is 6.18 Å². The molecule has 0 radical (unpaired) electrons. The minimum absolute atomic E-state index is 0.131. The van der Waals surface area contributed by atoms with Crippen LogP contribution in [0.4, 0.5) is 18.9 Å². The molecule has 2 aromatic carbocycles. The molecule has 0 bridgehead atoms. The number of aryl methyl sites for hydroxylation is 1. The molecule has 0 atom stereocenters. The maximum absolute atomic E-state index is 13.2. The van der Waals surface area contributed by atoms with E-state index in [1.807, 2.05) is 12.1 Å². The van der Waals surface area contributed by atoms with Crippen LogP contribution in [0.15, 0.2) is 54.7 Å². The van der Waals surface area contributed by atoms with E-state index in [2.05, 4.69) is 20.6 Å². The zero-order valence-corrected chi connectivity index (χ0v) is 16.4. The highest BCUT2D eigenvalue weighted by Gasteiger charge is 2.34. The normalized spacial score (nSPS) is 11.5. The van der Waals surface area contributed by atoms with Crippen LogP contribution in [0, 0.1) is 6.92 Å². The number of halogens is 3. The van der Waals surface area contributed by atoms with Gasteiger partial charge in [0.05, 0.1) is 30.3 Å². The minimum atomic E-state index is -4.61. The number of benzene rings is 2. The first-order valence-corrected chi connectivity index (χ1v) is 9.12. The van der Waals surface area contributed by atoms with E-state index < -0.39 is 17.6 Å². The van der Waals surface area contributed by atoms with E-state index in [-0.39, 0.29) is 11.4 Å². The average Bonchev–Trinajstić information content (AvgIpc) is 3.18. The van der Waals surface area contributed by atoms with Crippen molar-refractivity contribution in [3.8, 4) is 16.9 Å². The molecule has 2 aromatic heterocycles. The highest BCUT2D eigenvalue weighted by atomic mass is 19.4. The van der Waals surface area contributed by atoms with Gasteiger partial charge in [-0.15, -0.1) is 10.2 Å². The molecule has 7 nitrogen and oxygen atoms in total. The Bertz CT molecular complexity index is 1270. The van der Waals surface area contributed by atoms with E-state index in [1.165, 1.54) is 22.7 Å². The van der Waals surface area contributed by atoms with E-state index >= 15 is 0 Å². The van der Waals surface area contributed by atoms with Crippen molar-refractivity contribution >= 4 is 17.2 Å². The number of anilines is 1. The van der Waals surface area contributed by atoms with Crippen molar-refractivity contribution in [1.82, 2.24) is 19.8 Å². The second-order valence-electron chi connectivity index (χ2n) is 6.65. The van der Waals surface area contributed by atoms with Gasteiger partial charge in [0.1, 0.15) is 5.75 Å². The number of ether oxygens (including phenoxy) is 1. The molecule has 0 unspecified atom stereocenters. The summed E-state index contributed by atoms with van der Waals surface area (Å²) >= 11 is 0. The van der Waals surface area contributed by atoms with Gasteiger partial charge in [-0.3, -0.25) is 4.79 Å². The maximum atomic E-state index is 13.2. The number of amides is 1. The fourth-order valence-electron chi connectivity index (χ4n) is 3.16. The number of methoxy groups -OCH3 is 1. The lowest BCUT2D eigenvalue weighted by molar-refractivity contribution is -0.136. The van der Waals surface area contributed by atoms with Gasteiger partial charge >= 0.3 is 6.18 Å². The van der Waals surface area contributed by atoms with Gasteiger partial charge in [0.15, 0.2) is 11.3 Å². The molecule has 1 N–H and O–H groups in total. The number of nitrogens with zero attached hydrogens (tertiary/aromatic N) is 4. The molecule has 0 aliphatic heterocycles. The third-order valence-electron chi connectivity index (χ3n) is 4.75. The monoisotopic (exact) mass is 427 g/mol. The third-order valence-corrected chi connectivity index (χ3v) is 4.75. The van der Waals surface area contributed by atoms with Crippen molar-refractivity contribution in [2.45, 2.75) is 13.1 Å². The summed E-state index contributed by atoms with van der Waals surface area (Å²) in [4.78, 5) is 12.7. The molecule has 0 fully saturated rings. The van der Waals surface area contributed by atoms with Crippen LogP contribution in [0.5, 0.6) is 5.75 Å². The Kier molecular flexibility index (Phi) is 5.05. The molecule has 1 amide bonds. The van der Waals surface area contributed by atoms with Crippen molar-refractivity contribution in [1.29, 1.82) is 0 Å². The van der Waals surface area contributed by atoms with Crippen molar-refractivity contribution in [2.75, 3.05) is 12.4 Å². The third kappa shape index (κ3) is 3.79. The Morgan fingerprint density at radius 1 is 1.06 bits per heavy atom. The number of rotatable bonds is 4. The van der Waals surface area contributed by atoms with Crippen LogP contribution in [0.3, 0.4) is 0 Å². The van der Waals surface area contributed by atoms with Crippen LogP contribution in [0.2, 0.25) is 0 Å². The number of nitrogens with one attached hydrogen (secondary N) is 1. The van der Waals surface area contributed by atoms with Crippen LogP contribution < -0.4 is 10.1 Å². The smallest absolute Gasteiger partial charge is 0.418 e. The molecule has 158 valence electrons. The molecular weight excluding hydrogens is 411 g/mol. The summed E-state index contributed by atoms with van der Waals surface area (Å²) in [6.45, 7) is 1.59. The molecule has 4 aromatic rings. The van der Waals surface area contributed by atoms with Gasteiger partial charge in [0.25, 0.3) is 5.91 Å². The van der Waals surface area contributed by atoms with Gasteiger partial charge in [0.2, 0.25) is 0 Å². The van der Waals surface area contributed by atoms with Crippen molar-refractivity contribution < 1.29 is 22.7 Å². The van der Waals surface area contributed by atoms with Gasteiger partial charge in [-0.25, -0.2) is 4.52 Å². The summed E-state index contributed by atoms with van der Waals surface area (Å²) in [6, 6.07) is 12.0. The predicted octanol–water partition coefficient (Wildman–Crippen LogP) is 4.38. The van der Waals surface area contributed by atoms with E-state index in [9.17, 15) is 18.0 Å². The summed E-state index contributed by atoms with van der Waals surface area (Å²) in [6.07, 6.45) is -3.02. The summed E-state index contributed by atoms with van der Waals surface area (Å²) < 4.78 is 46.2. The Morgan fingerprint density at radius 2 is 1.77 bits per heavy atom. The second kappa shape index (κ2) is 7.71. The van der Waals surface area contributed by atoms with Crippen molar-refractivity contribution in [2.24, 2.45) is 0 Å². The summed E-state index contributed by atoms with van der Waals surface area (Å²) in [5.41, 5.74) is 0.820. The SMILES string of the molecule is COc1ccc(-c2cnn3c(C)c(C(=O)Nc4ccccc4C(F)(F)F)nnc23)cc1. The number of carbonyl (C=O) groups excluding carboxylic acids is 1. The minimum Gasteiger partial charge on any atom is -0.497 e. The lowest BCUT2D eigenvalue weighted by atomic mass is 10.1. The number of alkyl halides is 3. The molecule has 0 saturated carbocycles. The van der Waals surface area contributed by atoms with Crippen LogP contribution in [0.1, 0.15) is 21.7 Å². The van der Waals surface area contributed by atoms with Gasteiger partial charge < -0.3 is 10.1 Å². The lowest BCUT2D eigenvalue weighted by Gasteiger charge is -2.13. The number of carbonyl (C=O) groups is 1. The maximum Gasteiger partial charge on any atom is 0.418 e. The zero-order chi connectivity index (χ0) is 22.2. The fourth-order valence-corrected chi connectivity index (χ4v) is 3.16. The van der Waals surface area contributed by atoms with Gasteiger partial charge in [-0.2, -0.15) is 18.3 Å². The van der Waals surface area contributed by atoms with E-state index in [1.54, 1.807) is 32.4 Å². The molecule has 0 aliphatic rings. The van der Waals surface area contributed by atoms with Crippen LogP contribution in [0.25, 0.3) is 16.8 Å². The first-order valence-electron chi connectivity index (χ1n) is 9.12.